The van der Waals surface area contributed by atoms with Crippen LogP contribution in [0.1, 0.15) is 15.1 Å². The van der Waals surface area contributed by atoms with E-state index in [1.807, 2.05) is 60.7 Å². The van der Waals surface area contributed by atoms with E-state index in [4.69, 9.17) is 25.9 Å². The Morgan fingerprint density at radius 1 is 0.357 bits per heavy atom. The van der Waals surface area contributed by atoms with E-state index in [9.17, 15) is 4.11 Å². The van der Waals surface area contributed by atoms with Crippen molar-refractivity contribution >= 4 is 32.3 Å². The predicted octanol–water partition coefficient (Wildman–Crippen LogP) is 10.00. The van der Waals surface area contributed by atoms with Crippen LogP contribution in [0.15, 0.2) is 151 Å². The quantitative estimate of drug-likeness (QED) is 0.206. The number of hydrogen-bond acceptors (Lipinski definition) is 3. The molecule has 0 spiro atoms. The minimum absolute atomic E-state index is 0.0149. The van der Waals surface area contributed by atoms with Crippen LogP contribution in [-0.2, 0) is 0 Å². The number of aromatic nitrogens is 3. The van der Waals surface area contributed by atoms with Gasteiger partial charge in [-0.05, 0) is 55.6 Å². The lowest BCUT2D eigenvalue weighted by Gasteiger charge is -2.13. The van der Waals surface area contributed by atoms with Crippen LogP contribution in [-0.4, -0.2) is 15.0 Å². The summed E-state index contributed by atoms with van der Waals surface area (Å²) in [6.07, 6.45) is 0. The molecule has 0 saturated carbocycles. The first-order valence-corrected chi connectivity index (χ1v) is 13.2. The molecule has 0 radical (unpaired) electrons. The summed E-state index contributed by atoms with van der Waals surface area (Å²) in [5.41, 5.74) is 2.37. The summed E-state index contributed by atoms with van der Waals surface area (Å²) in [6, 6.07) is 19.8. The normalized spacial score (nSPS) is 15.0. The number of benzene rings is 7. The van der Waals surface area contributed by atoms with E-state index in [1.54, 1.807) is 24.3 Å². The summed E-state index contributed by atoms with van der Waals surface area (Å²) in [5.74, 6) is 1.17. The van der Waals surface area contributed by atoms with E-state index in [0.29, 0.717) is 28.6 Å². The lowest BCUT2D eigenvalue weighted by Crippen LogP contribution is -2.00. The molecule has 0 fully saturated rings. The fraction of sp³-hybridized carbons (Fsp3) is 0. The second kappa shape index (κ2) is 10.1. The van der Waals surface area contributed by atoms with Gasteiger partial charge in [0, 0.05) is 16.7 Å². The van der Waals surface area contributed by atoms with E-state index in [1.165, 1.54) is 0 Å². The highest BCUT2D eigenvalue weighted by Gasteiger charge is 2.14. The lowest BCUT2D eigenvalue weighted by molar-refractivity contribution is 1.07. The van der Waals surface area contributed by atoms with Gasteiger partial charge in [0.15, 0.2) is 17.5 Å². The Balaban J connectivity index is 1.46. The fourth-order valence-electron chi connectivity index (χ4n) is 5.05. The van der Waals surface area contributed by atoms with E-state index in [0.717, 1.165) is 11.1 Å². The van der Waals surface area contributed by atoms with Crippen molar-refractivity contribution in [1.82, 2.24) is 15.0 Å². The first-order chi connectivity index (χ1) is 25.4. The molecule has 196 valence electrons. The second-order valence-corrected chi connectivity index (χ2v) is 9.62. The average molecular weight is 547 g/mol. The average Bonchev–Trinajstić information content (AvgIpc) is 3.19. The number of fused-ring (bicyclic) bond motifs is 6. The molecule has 42 heavy (non-hydrogen) atoms. The molecule has 0 aliphatic carbocycles. The third-order valence-corrected chi connectivity index (χ3v) is 7.05. The Morgan fingerprint density at radius 3 is 1.33 bits per heavy atom. The molecule has 0 bridgehead atoms. The molecule has 0 saturated heterocycles. The summed E-state index contributed by atoms with van der Waals surface area (Å²) < 4.78 is 97.0. The van der Waals surface area contributed by atoms with Gasteiger partial charge in [0.2, 0.25) is 0 Å². The van der Waals surface area contributed by atoms with Crippen LogP contribution in [0.5, 0.6) is 0 Å². The van der Waals surface area contributed by atoms with Crippen LogP contribution in [0.4, 0.5) is 0 Å². The molecule has 3 heteroatoms. The third-order valence-electron chi connectivity index (χ3n) is 7.05. The molecular formula is C39H25N3. The van der Waals surface area contributed by atoms with Crippen molar-refractivity contribution in [2.24, 2.45) is 0 Å². The molecule has 8 rings (SSSR count). The maximum Gasteiger partial charge on any atom is 0.164 e. The van der Waals surface area contributed by atoms with Crippen molar-refractivity contribution < 1.29 is 15.1 Å². The van der Waals surface area contributed by atoms with Crippen LogP contribution < -0.4 is 0 Å². The highest BCUT2D eigenvalue weighted by atomic mass is 15.0. The number of nitrogens with zero attached hydrogens (tertiary/aromatic N) is 3. The third kappa shape index (κ3) is 4.20. The monoisotopic (exact) mass is 546 g/mol. The van der Waals surface area contributed by atoms with Gasteiger partial charge in [-0.2, -0.15) is 0 Å². The fourth-order valence-corrected chi connectivity index (χ4v) is 5.05. The molecule has 1 aromatic heterocycles. The van der Waals surface area contributed by atoms with Gasteiger partial charge >= 0.3 is 0 Å². The zero-order valence-electron chi connectivity index (χ0n) is 32.9. The molecule has 0 aliphatic rings. The van der Waals surface area contributed by atoms with Crippen molar-refractivity contribution in [3.05, 3.63) is 151 Å². The van der Waals surface area contributed by atoms with Gasteiger partial charge in [-0.25, -0.2) is 15.0 Å². The van der Waals surface area contributed by atoms with Crippen LogP contribution >= 0.6 is 0 Å². The Hall–Kier alpha value is -5.67. The van der Waals surface area contributed by atoms with Gasteiger partial charge in [0.1, 0.15) is 0 Å². The summed E-state index contributed by atoms with van der Waals surface area (Å²) in [5, 5.41) is -1.05. The molecule has 8 aromatic rings. The summed E-state index contributed by atoms with van der Waals surface area (Å²) in [4.78, 5) is 14.3. The van der Waals surface area contributed by atoms with Crippen molar-refractivity contribution in [3.63, 3.8) is 0 Å². The molecule has 7 aromatic carbocycles. The van der Waals surface area contributed by atoms with Crippen LogP contribution in [0.25, 0.3) is 77.6 Å². The SMILES string of the molecule is [2H]c1c([2H])c([2H])c2c(c1[2H])c1c([2H])c([2H])c([2H])c([2H])c1c1c([2H])c(-c3cccc(-c4nc(-c5ccccc5)nc(-c5ccccc5)n4)c3)c([2H])c([2H])c21. The van der Waals surface area contributed by atoms with Crippen LogP contribution in [0, 0.1) is 0 Å². The first kappa shape index (κ1) is 15.4. The van der Waals surface area contributed by atoms with Gasteiger partial charge < -0.3 is 0 Å². The zero-order chi connectivity index (χ0) is 37.5. The van der Waals surface area contributed by atoms with Crippen LogP contribution in [0.3, 0.4) is 0 Å². The van der Waals surface area contributed by atoms with E-state index >= 15 is 0 Å². The van der Waals surface area contributed by atoms with Crippen LogP contribution in [0.2, 0.25) is 0 Å². The smallest absolute Gasteiger partial charge is 0.164 e. The molecule has 0 unspecified atom stereocenters. The topological polar surface area (TPSA) is 38.7 Å². The molecule has 0 amide bonds. The zero-order valence-corrected chi connectivity index (χ0v) is 21.9. The van der Waals surface area contributed by atoms with E-state index in [2.05, 4.69) is 0 Å². The maximum atomic E-state index is 9.56. The van der Waals surface area contributed by atoms with Gasteiger partial charge in [-0.1, -0.05) is 139 Å². The number of hydrogen-bond donors (Lipinski definition) is 0. The molecule has 0 aliphatic heterocycles. The minimum Gasteiger partial charge on any atom is -0.208 e. The molecule has 3 nitrogen and oxygen atoms in total. The Morgan fingerprint density at radius 2 is 0.786 bits per heavy atom. The minimum atomic E-state index is -0.614. The first-order valence-electron chi connectivity index (χ1n) is 18.7. The Labute approximate surface area is 259 Å². The lowest BCUT2D eigenvalue weighted by atomic mass is 9.92. The van der Waals surface area contributed by atoms with Crippen molar-refractivity contribution in [2.75, 3.05) is 0 Å². The molecular weight excluding hydrogens is 510 g/mol. The molecule has 0 atom stereocenters. The van der Waals surface area contributed by atoms with Gasteiger partial charge in [-0.15, -0.1) is 0 Å². The Kier molecular flexibility index (Phi) is 3.68. The Bertz CT molecular complexity index is 2750. The van der Waals surface area contributed by atoms with Gasteiger partial charge in [-0.3, -0.25) is 0 Å². The summed E-state index contributed by atoms with van der Waals surface area (Å²) in [7, 11) is 0. The van der Waals surface area contributed by atoms with Crippen molar-refractivity contribution in [3.8, 4) is 45.3 Å². The molecule has 1 heterocycles. The highest BCUT2D eigenvalue weighted by Crippen LogP contribution is 2.37. The van der Waals surface area contributed by atoms with E-state index in [-0.39, 0.29) is 43.9 Å². The largest absolute Gasteiger partial charge is 0.208 e. The maximum absolute atomic E-state index is 9.56. The molecule has 0 N–H and O–H groups in total. The van der Waals surface area contributed by atoms with Crippen molar-refractivity contribution in [2.45, 2.75) is 0 Å². The highest BCUT2D eigenvalue weighted by molar-refractivity contribution is 6.25. The van der Waals surface area contributed by atoms with Crippen molar-refractivity contribution in [1.29, 1.82) is 0 Å². The standard InChI is InChI=1S/C39H25N3/c1-3-12-26(13-4-1)37-40-38(27-14-5-2-6-15-27)42-39(41-37)30-17-11-16-28(24-30)29-22-23-35-33-20-8-7-18-31(33)32-19-9-10-21-34(32)36(35)25-29/h1-25H/i7D,8D,9D,10D,18D,19D,20D,21D,22D,23D,25D. The second-order valence-electron chi connectivity index (χ2n) is 9.62. The number of rotatable bonds is 4. The van der Waals surface area contributed by atoms with E-state index < -0.39 is 60.4 Å². The predicted molar refractivity (Wildman–Crippen MR) is 174 cm³/mol. The van der Waals surface area contributed by atoms with Gasteiger partial charge in [0.25, 0.3) is 0 Å². The van der Waals surface area contributed by atoms with Gasteiger partial charge in [0.05, 0.1) is 15.1 Å². The summed E-state index contributed by atoms with van der Waals surface area (Å²) in [6.45, 7) is 0. The summed E-state index contributed by atoms with van der Waals surface area (Å²) >= 11 is 0.